The van der Waals surface area contributed by atoms with Crippen LogP contribution in [0.1, 0.15) is 5.01 Å². The predicted molar refractivity (Wildman–Crippen MR) is 56.8 cm³/mol. The van der Waals surface area contributed by atoms with Crippen LogP contribution in [0.3, 0.4) is 0 Å². The van der Waals surface area contributed by atoms with Gasteiger partial charge in [0.15, 0.2) is 10.8 Å². The molecule has 1 N–H and O–H groups in total. The Kier molecular flexibility index (Phi) is 2.77. The number of hydrogen-bond acceptors (Lipinski definition) is 6. The van der Waals surface area contributed by atoms with Crippen molar-refractivity contribution in [2.75, 3.05) is 13.7 Å². The third kappa shape index (κ3) is 2.04. The van der Waals surface area contributed by atoms with Gasteiger partial charge in [0.25, 0.3) is 0 Å². The maximum Gasteiger partial charge on any atom is 0.337 e. The van der Waals surface area contributed by atoms with Crippen LogP contribution in [0.5, 0.6) is 0 Å². The monoisotopic (exact) mass is 223 g/mol. The third-order valence-electron chi connectivity index (χ3n) is 1.87. The van der Waals surface area contributed by atoms with Gasteiger partial charge in [-0.05, 0) is 0 Å². The summed E-state index contributed by atoms with van der Waals surface area (Å²) >= 11 is 1.49. The first-order valence-electron chi connectivity index (χ1n) is 4.29. The first-order valence-corrected chi connectivity index (χ1v) is 5.17. The summed E-state index contributed by atoms with van der Waals surface area (Å²) in [4.78, 5) is 19.5. The Morgan fingerprint density at radius 2 is 2.53 bits per heavy atom. The molecule has 0 fully saturated rings. The highest BCUT2D eigenvalue weighted by atomic mass is 32.1. The van der Waals surface area contributed by atoms with Crippen molar-refractivity contribution in [2.45, 2.75) is 0 Å². The number of nitrogens with zero attached hydrogens (tertiary/aromatic N) is 2. The van der Waals surface area contributed by atoms with E-state index in [1.54, 1.807) is 12.4 Å². The summed E-state index contributed by atoms with van der Waals surface area (Å²) in [5, 5.41) is 5.61. The second-order valence-corrected chi connectivity index (χ2v) is 3.70. The lowest BCUT2D eigenvalue weighted by molar-refractivity contribution is -0.136. The van der Waals surface area contributed by atoms with Crippen molar-refractivity contribution in [1.82, 2.24) is 10.3 Å². The van der Waals surface area contributed by atoms with E-state index in [9.17, 15) is 4.79 Å². The topological polar surface area (TPSA) is 63.6 Å². The zero-order chi connectivity index (χ0) is 10.7. The van der Waals surface area contributed by atoms with Crippen LogP contribution in [-0.4, -0.2) is 30.4 Å². The molecule has 78 valence electrons. The number of rotatable bonds is 2. The average molecular weight is 223 g/mol. The molecule has 1 aliphatic heterocycles. The highest BCUT2D eigenvalue weighted by molar-refractivity contribution is 7.11. The van der Waals surface area contributed by atoms with Gasteiger partial charge in [-0.3, -0.25) is 4.99 Å². The van der Waals surface area contributed by atoms with Crippen molar-refractivity contribution in [3.8, 4) is 0 Å². The lowest BCUT2D eigenvalue weighted by atomic mass is 10.2. The van der Waals surface area contributed by atoms with Crippen LogP contribution in [0.15, 0.2) is 28.3 Å². The molecule has 0 aromatic carbocycles. The fourth-order valence-corrected chi connectivity index (χ4v) is 1.74. The molecule has 2 heterocycles. The zero-order valence-corrected chi connectivity index (χ0v) is 8.87. The molecule has 5 nitrogen and oxygen atoms in total. The number of carbonyl (C=O) groups excluding carboxylic acids is 1. The van der Waals surface area contributed by atoms with Crippen molar-refractivity contribution in [3.05, 3.63) is 28.4 Å². The minimum atomic E-state index is -0.357. The van der Waals surface area contributed by atoms with Crippen LogP contribution >= 0.6 is 11.3 Å². The van der Waals surface area contributed by atoms with E-state index >= 15 is 0 Å². The minimum absolute atomic E-state index is 0.328. The standard InChI is InChI=1S/C9H9N3O2S/c1-14-9(13)6-4-11-7(12-5-6)8-10-2-3-15-8/h2-4H,5H2,1H3,(H,11,12). The Balaban J connectivity index is 2.07. The second-order valence-electron chi connectivity index (χ2n) is 2.81. The fourth-order valence-electron chi connectivity index (χ4n) is 1.14. The van der Waals surface area contributed by atoms with Gasteiger partial charge >= 0.3 is 5.97 Å². The van der Waals surface area contributed by atoms with Crippen molar-refractivity contribution >= 4 is 23.1 Å². The molecular formula is C9H9N3O2S. The number of nitrogens with one attached hydrogen (secondary N) is 1. The van der Waals surface area contributed by atoms with Crippen LogP contribution in [-0.2, 0) is 9.53 Å². The van der Waals surface area contributed by atoms with E-state index in [0.29, 0.717) is 18.0 Å². The van der Waals surface area contributed by atoms with Gasteiger partial charge in [-0.1, -0.05) is 0 Å². The first-order chi connectivity index (χ1) is 7.31. The summed E-state index contributed by atoms with van der Waals surface area (Å²) in [6.07, 6.45) is 3.32. The molecule has 0 bridgehead atoms. The maximum atomic E-state index is 11.1. The van der Waals surface area contributed by atoms with Gasteiger partial charge in [-0.2, -0.15) is 0 Å². The van der Waals surface area contributed by atoms with E-state index in [-0.39, 0.29) is 5.97 Å². The summed E-state index contributed by atoms with van der Waals surface area (Å²) in [5.74, 6) is 0.335. The molecule has 0 amide bonds. The number of methoxy groups -OCH3 is 1. The van der Waals surface area contributed by atoms with Crippen LogP contribution in [0.2, 0.25) is 0 Å². The summed E-state index contributed by atoms with van der Waals surface area (Å²) in [6.45, 7) is 0.328. The average Bonchev–Trinajstić information content (AvgIpc) is 2.82. The van der Waals surface area contributed by atoms with Gasteiger partial charge in [-0.25, -0.2) is 9.78 Å². The van der Waals surface area contributed by atoms with Crippen molar-refractivity contribution in [3.63, 3.8) is 0 Å². The van der Waals surface area contributed by atoms with E-state index < -0.39 is 0 Å². The molecule has 15 heavy (non-hydrogen) atoms. The van der Waals surface area contributed by atoms with E-state index in [4.69, 9.17) is 0 Å². The molecule has 0 aliphatic carbocycles. The number of ether oxygens (including phenoxy) is 1. The Bertz CT molecular complexity index is 423. The van der Waals surface area contributed by atoms with Gasteiger partial charge in [0, 0.05) is 17.8 Å². The Morgan fingerprint density at radius 1 is 1.67 bits per heavy atom. The highest BCUT2D eigenvalue weighted by Crippen LogP contribution is 2.09. The lowest BCUT2D eigenvalue weighted by Crippen LogP contribution is -2.26. The summed E-state index contributed by atoms with van der Waals surface area (Å²) in [7, 11) is 1.35. The van der Waals surface area contributed by atoms with Gasteiger partial charge in [0.2, 0.25) is 0 Å². The molecule has 0 saturated heterocycles. The van der Waals surface area contributed by atoms with E-state index in [1.807, 2.05) is 5.38 Å². The molecule has 0 atom stereocenters. The molecule has 1 aliphatic rings. The fraction of sp³-hybridized carbons (Fsp3) is 0.222. The number of aliphatic imine (C=N–C) groups is 1. The van der Waals surface area contributed by atoms with E-state index in [0.717, 1.165) is 5.01 Å². The molecule has 1 aromatic heterocycles. The second kappa shape index (κ2) is 4.22. The number of carbonyl (C=O) groups is 1. The molecule has 0 unspecified atom stereocenters. The van der Waals surface area contributed by atoms with Crippen molar-refractivity contribution in [2.24, 2.45) is 4.99 Å². The van der Waals surface area contributed by atoms with Crippen LogP contribution < -0.4 is 5.32 Å². The quantitative estimate of drug-likeness (QED) is 0.744. The number of amidine groups is 1. The minimum Gasteiger partial charge on any atom is -0.466 e. The molecule has 0 radical (unpaired) electrons. The molecule has 1 aromatic rings. The zero-order valence-electron chi connectivity index (χ0n) is 8.06. The number of esters is 1. The van der Waals surface area contributed by atoms with Gasteiger partial charge in [-0.15, -0.1) is 11.3 Å². The van der Waals surface area contributed by atoms with Crippen LogP contribution in [0, 0.1) is 0 Å². The Labute approximate surface area is 90.5 Å². The normalized spacial score (nSPS) is 15.0. The summed E-state index contributed by atoms with van der Waals surface area (Å²) in [6, 6.07) is 0. The SMILES string of the molecule is COC(=O)C1=CNC(c2nccs2)=NC1. The maximum absolute atomic E-state index is 11.1. The summed E-state index contributed by atoms with van der Waals surface area (Å²) < 4.78 is 4.59. The predicted octanol–water partition coefficient (Wildman–Crippen LogP) is 0.550. The first kappa shape index (κ1) is 9.85. The van der Waals surface area contributed by atoms with Crippen molar-refractivity contribution < 1.29 is 9.53 Å². The summed E-state index contributed by atoms with van der Waals surface area (Å²) in [5.41, 5.74) is 0.512. The lowest BCUT2D eigenvalue weighted by Gasteiger charge is -2.11. The molecule has 2 rings (SSSR count). The smallest absolute Gasteiger partial charge is 0.337 e. The molecule has 6 heteroatoms. The van der Waals surface area contributed by atoms with Crippen LogP contribution in [0.25, 0.3) is 0 Å². The number of aromatic nitrogens is 1. The molecule has 0 saturated carbocycles. The third-order valence-corrected chi connectivity index (χ3v) is 2.65. The largest absolute Gasteiger partial charge is 0.466 e. The van der Waals surface area contributed by atoms with Gasteiger partial charge in [0.05, 0.1) is 19.2 Å². The van der Waals surface area contributed by atoms with Gasteiger partial charge < -0.3 is 10.1 Å². The Hall–Kier alpha value is -1.69. The molecule has 0 spiro atoms. The van der Waals surface area contributed by atoms with E-state index in [1.165, 1.54) is 18.4 Å². The number of hydrogen-bond donors (Lipinski definition) is 1. The van der Waals surface area contributed by atoms with Crippen molar-refractivity contribution in [1.29, 1.82) is 0 Å². The Morgan fingerprint density at radius 3 is 3.07 bits per heavy atom. The van der Waals surface area contributed by atoms with E-state index in [2.05, 4.69) is 20.0 Å². The molecular weight excluding hydrogens is 214 g/mol. The van der Waals surface area contributed by atoms with Crippen LogP contribution in [0.4, 0.5) is 0 Å². The van der Waals surface area contributed by atoms with Gasteiger partial charge in [0.1, 0.15) is 0 Å². The number of thiazole rings is 1. The highest BCUT2D eigenvalue weighted by Gasteiger charge is 2.15.